The summed E-state index contributed by atoms with van der Waals surface area (Å²) in [5.41, 5.74) is 0.148. The number of hydrogen-bond donors (Lipinski definition) is 2. The van der Waals surface area contributed by atoms with E-state index in [1.54, 1.807) is 31.2 Å². The summed E-state index contributed by atoms with van der Waals surface area (Å²) in [6.07, 6.45) is 0. The maximum absolute atomic E-state index is 13.6. The molecule has 0 fully saturated rings. The summed E-state index contributed by atoms with van der Waals surface area (Å²) in [5, 5.41) is 4.86. The van der Waals surface area contributed by atoms with Gasteiger partial charge in [0.2, 0.25) is 11.8 Å². The van der Waals surface area contributed by atoms with Gasteiger partial charge in [-0.3, -0.25) is 14.5 Å². The molecule has 0 radical (unpaired) electrons. The van der Waals surface area contributed by atoms with Gasteiger partial charge in [0.1, 0.15) is 0 Å². The molecule has 8 heteroatoms. The molecule has 0 bridgehead atoms. The molecule has 2 amide bonds. The zero-order valence-electron chi connectivity index (χ0n) is 14.2. The quantitative estimate of drug-likeness (QED) is 0.774. The normalized spacial score (nSPS) is 11.9. The fourth-order valence-corrected chi connectivity index (χ4v) is 2.14. The number of anilines is 2. The number of hydrogen-bond acceptors (Lipinski definition) is 3. The number of carbonyl (C=O) groups excluding carboxylic acids is 2. The summed E-state index contributed by atoms with van der Waals surface area (Å²) in [5.74, 6) is -5.48. The number of nitrogens with zero attached hydrogens (tertiary/aromatic N) is 1. The minimum Gasteiger partial charge on any atom is -0.325 e. The predicted molar refractivity (Wildman–Crippen MR) is 92.1 cm³/mol. The molecule has 2 N–H and O–H groups in total. The van der Waals surface area contributed by atoms with Gasteiger partial charge in [0.15, 0.2) is 17.5 Å². The molecule has 2 rings (SSSR count). The van der Waals surface area contributed by atoms with Crippen molar-refractivity contribution in [2.24, 2.45) is 0 Å². The first kappa shape index (κ1) is 19.5. The lowest BCUT2D eigenvalue weighted by atomic mass is 10.2. The third kappa shape index (κ3) is 4.82. The van der Waals surface area contributed by atoms with Crippen molar-refractivity contribution in [3.63, 3.8) is 0 Å². The minimum absolute atomic E-state index is 0.248. The van der Waals surface area contributed by atoms with Crippen LogP contribution in [0.2, 0.25) is 0 Å². The zero-order chi connectivity index (χ0) is 19.3. The van der Waals surface area contributed by atoms with Crippen molar-refractivity contribution in [1.82, 2.24) is 4.90 Å². The Morgan fingerprint density at radius 2 is 1.65 bits per heavy atom. The Labute approximate surface area is 148 Å². The average molecular weight is 365 g/mol. The fraction of sp³-hybridized carbons (Fsp3) is 0.222. The highest BCUT2D eigenvalue weighted by atomic mass is 19.2. The molecule has 0 aliphatic carbocycles. The van der Waals surface area contributed by atoms with Crippen molar-refractivity contribution in [1.29, 1.82) is 0 Å². The Hall–Kier alpha value is -2.87. The van der Waals surface area contributed by atoms with E-state index in [4.69, 9.17) is 0 Å². The lowest BCUT2D eigenvalue weighted by Crippen LogP contribution is -2.43. The van der Waals surface area contributed by atoms with E-state index in [1.807, 2.05) is 6.07 Å². The van der Waals surface area contributed by atoms with Gasteiger partial charge in [0.05, 0.1) is 18.3 Å². The molecule has 0 saturated heterocycles. The minimum atomic E-state index is -1.66. The monoisotopic (exact) mass is 365 g/mol. The largest absolute Gasteiger partial charge is 0.325 e. The van der Waals surface area contributed by atoms with Crippen molar-refractivity contribution in [3.8, 4) is 0 Å². The third-order valence-corrected chi connectivity index (χ3v) is 3.78. The van der Waals surface area contributed by atoms with Crippen LogP contribution < -0.4 is 10.6 Å². The molecular weight excluding hydrogens is 347 g/mol. The molecule has 0 aliphatic heterocycles. The third-order valence-electron chi connectivity index (χ3n) is 3.78. The second-order valence-corrected chi connectivity index (χ2v) is 5.72. The lowest BCUT2D eigenvalue weighted by molar-refractivity contribution is -0.122. The van der Waals surface area contributed by atoms with Gasteiger partial charge in [-0.25, -0.2) is 13.2 Å². The Morgan fingerprint density at radius 3 is 2.31 bits per heavy atom. The van der Waals surface area contributed by atoms with Gasteiger partial charge in [-0.05, 0) is 38.2 Å². The fourth-order valence-electron chi connectivity index (χ4n) is 2.14. The predicted octanol–water partition coefficient (Wildman–Crippen LogP) is 3.00. The van der Waals surface area contributed by atoms with E-state index in [-0.39, 0.29) is 12.5 Å². The number of likely N-dealkylation sites (N-methyl/N-ethyl adjacent to an activating group) is 1. The Balaban J connectivity index is 1.93. The van der Waals surface area contributed by atoms with Crippen LogP contribution >= 0.6 is 0 Å². The van der Waals surface area contributed by atoms with Gasteiger partial charge in [-0.15, -0.1) is 0 Å². The van der Waals surface area contributed by atoms with Crippen LogP contribution in [0.25, 0.3) is 0 Å². The summed E-state index contributed by atoms with van der Waals surface area (Å²) in [7, 11) is 1.54. The molecule has 0 aliphatic rings. The first-order chi connectivity index (χ1) is 12.3. The van der Waals surface area contributed by atoms with Gasteiger partial charge in [0, 0.05) is 5.69 Å². The van der Waals surface area contributed by atoms with E-state index in [9.17, 15) is 22.8 Å². The van der Waals surface area contributed by atoms with Crippen molar-refractivity contribution in [2.75, 3.05) is 24.2 Å². The standard InChI is InChI=1S/C18H18F3N3O2/c1-11(18(26)22-12-6-4-3-5-7-12)24(2)10-15(25)23-14-9-8-13(19)16(20)17(14)21/h3-9,11H,10H2,1-2H3,(H,22,26)(H,23,25)/t11-/m0/s1. The molecule has 0 unspecified atom stereocenters. The molecule has 2 aromatic carbocycles. The van der Waals surface area contributed by atoms with Crippen LogP contribution in [0.1, 0.15) is 6.92 Å². The summed E-state index contributed by atoms with van der Waals surface area (Å²) in [4.78, 5) is 25.6. The number of rotatable bonds is 6. The zero-order valence-corrected chi connectivity index (χ0v) is 14.2. The Morgan fingerprint density at radius 1 is 1.00 bits per heavy atom. The topological polar surface area (TPSA) is 61.4 Å². The van der Waals surface area contributed by atoms with Crippen LogP contribution in [0.4, 0.5) is 24.5 Å². The number of para-hydroxylation sites is 1. The molecule has 26 heavy (non-hydrogen) atoms. The highest BCUT2D eigenvalue weighted by molar-refractivity contribution is 5.96. The Bertz CT molecular complexity index is 800. The summed E-state index contributed by atoms with van der Waals surface area (Å²) >= 11 is 0. The van der Waals surface area contributed by atoms with E-state index < -0.39 is 35.1 Å². The van der Waals surface area contributed by atoms with Gasteiger partial charge in [0.25, 0.3) is 0 Å². The number of carbonyl (C=O) groups is 2. The Kier molecular flexibility index (Phi) is 6.35. The summed E-state index contributed by atoms with van der Waals surface area (Å²) < 4.78 is 39.7. The van der Waals surface area contributed by atoms with Crippen LogP contribution in [0.15, 0.2) is 42.5 Å². The molecule has 0 saturated carbocycles. The van der Waals surface area contributed by atoms with E-state index in [0.29, 0.717) is 11.8 Å². The molecule has 138 valence electrons. The number of benzene rings is 2. The SMILES string of the molecule is C[C@@H](C(=O)Nc1ccccc1)N(C)CC(=O)Nc1ccc(F)c(F)c1F. The highest BCUT2D eigenvalue weighted by Crippen LogP contribution is 2.19. The second kappa shape index (κ2) is 8.48. The lowest BCUT2D eigenvalue weighted by Gasteiger charge is -2.23. The van der Waals surface area contributed by atoms with Gasteiger partial charge < -0.3 is 10.6 Å². The van der Waals surface area contributed by atoms with E-state index in [0.717, 1.165) is 6.07 Å². The average Bonchev–Trinajstić information content (AvgIpc) is 2.62. The second-order valence-electron chi connectivity index (χ2n) is 5.72. The maximum Gasteiger partial charge on any atom is 0.241 e. The first-order valence-electron chi connectivity index (χ1n) is 7.79. The molecule has 2 aromatic rings. The number of halogens is 3. The van der Waals surface area contributed by atoms with Crippen LogP contribution in [0, 0.1) is 17.5 Å². The molecular formula is C18H18F3N3O2. The number of nitrogens with one attached hydrogen (secondary N) is 2. The van der Waals surface area contributed by atoms with Crippen LogP contribution in [-0.4, -0.2) is 36.3 Å². The van der Waals surface area contributed by atoms with Crippen LogP contribution in [0.3, 0.4) is 0 Å². The van der Waals surface area contributed by atoms with Crippen molar-refractivity contribution >= 4 is 23.2 Å². The van der Waals surface area contributed by atoms with Gasteiger partial charge in [-0.1, -0.05) is 18.2 Å². The molecule has 0 spiro atoms. The van der Waals surface area contributed by atoms with Crippen molar-refractivity contribution < 1.29 is 22.8 Å². The van der Waals surface area contributed by atoms with Gasteiger partial charge >= 0.3 is 0 Å². The summed E-state index contributed by atoms with van der Waals surface area (Å²) in [6.45, 7) is 1.35. The molecule has 0 aromatic heterocycles. The highest BCUT2D eigenvalue weighted by Gasteiger charge is 2.21. The first-order valence-corrected chi connectivity index (χ1v) is 7.79. The summed E-state index contributed by atoms with van der Waals surface area (Å²) in [6, 6.07) is 9.79. The molecule has 1 atom stereocenters. The van der Waals surface area contributed by atoms with Crippen LogP contribution in [-0.2, 0) is 9.59 Å². The molecule has 0 heterocycles. The number of amides is 2. The van der Waals surface area contributed by atoms with Crippen LogP contribution in [0.5, 0.6) is 0 Å². The smallest absolute Gasteiger partial charge is 0.241 e. The maximum atomic E-state index is 13.6. The van der Waals surface area contributed by atoms with Gasteiger partial charge in [-0.2, -0.15) is 0 Å². The van der Waals surface area contributed by atoms with Crippen molar-refractivity contribution in [2.45, 2.75) is 13.0 Å². The molecule has 5 nitrogen and oxygen atoms in total. The van der Waals surface area contributed by atoms with E-state index in [1.165, 1.54) is 11.9 Å². The van der Waals surface area contributed by atoms with E-state index >= 15 is 0 Å². The van der Waals surface area contributed by atoms with Crippen molar-refractivity contribution in [3.05, 3.63) is 59.9 Å². The van der Waals surface area contributed by atoms with E-state index in [2.05, 4.69) is 10.6 Å².